The van der Waals surface area contributed by atoms with E-state index in [4.69, 9.17) is 0 Å². The average Bonchev–Trinajstić information content (AvgIpc) is 2.77. The normalized spacial score (nSPS) is 26.9. The van der Waals surface area contributed by atoms with Crippen LogP contribution in [0.25, 0.3) is 0 Å². The third-order valence-electron chi connectivity index (χ3n) is 4.31. The van der Waals surface area contributed by atoms with Crippen LogP contribution in [-0.2, 0) is 11.3 Å². The molecule has 0 atom stereocenters. The van der Waals surface area contributed by atoms with Crippen molar-refractivity contribution in [3.05, 3.63) is 20.8 Å². The second-order valence-electron chi connectivity index (χ2n) is 6.17. The maximum absolute atomic E-state index is 11.7. The Hall–Kier alpha value is -0.390. The van der Waals surface area contributed by atoms with Crippen molar-refractivity contribution in [2.24, 2.45) is 11.3 Å². The number of hydrogen-bond acceptors (Lipinski definition) is 3. The maximum atomic E-state index is 11.7. The quantitative estimate of drug-likeness (QED) is 0.855. The van der Waals surface area contributed by atoms with Gasteiger partial charge in [-0.15, -0.1) is 11.3 Å². The van der Waals surface area contributed by atoms with Gasteiger partial charge in [-0.2, -0.15) is 0 Å². The Morgan fingerprint density at radius 1 is 1.55 bits per heavy atom. The zero-order valence-corrected chi connectivity index (χ0v) is 14.5. The fourth-order valence-electron chi connectivity index (χ4n) is 3.03. The van der Waals surface area contributed by atoms with Gasteiger partial charge in [0.25, 0.3) is 0 Å². The van der Waals surface area contributed by atoms with E-state index in [1.807, 2.05) is 7.05 Å². The van der Waals surface area contributed by atoms with Crippen LogP contribution in [0.5, 0.6) is 0 Å². The molecule has 0 amide bonds. The molecule has 20 heavy (non-hydrogen) atoms. The van der Waals surface area contributed by atoms with Crippen molar-refractivity contribution in [1.29, 1.82) is 0 Å². The molecule has 112 valence electrons. The van der Waals surface area contributed by atoms with Crippen LogP contribution in [0.3, 0.4) is 0 Å². The largest absolute Gasteiger partial charge is 0.481 e. The lowest BCUT2D eigenvalue weighted by Gasteiger charge is -2.38. The summed E-state index contributed by atoms with van der Waals surface area (Å²) in [6, 6.07) is 2.11. The summed E-state index contributed by atoms with van der Waals surface area (Å²) >= 11 is 5.17. The predicted octanol–water partition coefficient (Wildman–Crippen LogP) is 4.22. The van der Waals surface area contributed by atoms with Gasteiger partial charge in [-0.3, -0.25) is 4.79 Å². The number of hydrogen-bond donors (Lipinski definition) is 1. The summed E-state index contributed by atoms with van der Waals surface area (Å²) in [5.74, 6) is 0.0460. The lowest BCUT2D eigenvalue weighted by molar-refractivity contribution is -0.153. The minimum absolute atomic E-state index is 0.546. The van der Waals surface area contributed by atoms with Gasteiger partial charge < -0.3 is 10.0 Å². The van der Waals surface area contributed by atoms with E-state index in [1.54, 1.807) is 11.3 Å². The van der Waals surface area contributed by atoms with Crippen LogP contribution in [0.15, 0.2) is 15.9 Å². The number of carboxylic acids is 1. The second kappa shape index (κ2) is 6.58. The van der Waals surface area contributed by atoms with Crippen molar-refractivity contribution in [2.75, 3.05) is 13.6 Å². The molecule has 2 rings (SSSR count). The maximum Gasteiger partial charge on any atom is 0.310 e. The molecule has 0 unspecified atom stereocenters. The zero-order chi connectivity index (χ0) is 14.8. The third kappa shape index (κ3) is 3.83. The standard InChI is InChI=1S/C15H22BrNO2S/c1-11-3-5-15(6-4-11,14(18)19)10-17(2)8-13-7-12(16)9-20-13/h7,9,11H,3-6,8,10H2,1-2H3,(H,18,19). The van der Waals surface area contributed by atoms with E-state index >= 15 is 0 Å². The second-order valence-corrected chi connectivity index (χ2v) is 8.08. The minimum atomic E-state index is -0.622. The summed E-state index contributed by atoms with van der Waals surface area (Å²) in [6.45, 7) is 3.68. The first-order valence-electron chi connectivity index (χ1n) is 7.06. The van der Waals surface area contributed by atoms with Crippen molar-refractivity contribution >= 4 is 33.2 Å². The molecule has 1 aromatic rings. The number of rotatable bonds is 5. The number of halogens is 1. The summed E-state index contributed by atoms with van der Waals surface area (Å²) in [6.07, 6.45) is 3.68. The van der Waals surface area contributed by atoms with Crippen LogP contribution in [0.2, 0.25) is 0 Å². The highest BCUT2D eigenvalue weighted by molar-refractivity contribution is 9.10. The Balaban J connectivity index is 1.99. The fourth-order valence-corrected chi connectivity index (χ4v) is 4.56. The van der Waals surface area contributed by atoms with Gasteiger partial charge >= 0.3 is 5.97 Å². The molecule has 0 bridgehead atoms. The van der Waals surface area contributed by atoms with E-state index in [0.717, 1.165) is 36.7 Å². The van der Waals surface area contributed by atoms with Gasteiger partial charge in [-0.1, -0.05) is 6.92 Å². The van der Waals surface area contributed by atoms with Crippen LogP contribution < -0.4 is 0 Å². The van der Waals surface area contributed by atoms with Gasteiger partial charge in [0.2, 0.25) is 0 Å². The van der Waals surface area contributed by atoms with E-state index in [2.05, 4.69) is 39.2 Å². The predicted molar refractivity (Wildman–Crippen MR) is 86.1 cm³/mol. The molecular weight excluding hydrogens is 338 g/mol. The number of aliphatic carboxylic acids is 1. The van der Waals surface area contributed by atoms with Crippen LogP contribution in [0.1, 0.15) is 37.5 Å². The molecule has 1 heterocycles. The molecule has 1 aliphatic rings. The minimum Gasteiger partial charge on any atom is -0.481 e. The smallest absolute Gasteiger partial charge is 0.310 e. The van der Waals surface area contributed by atoms with Crippen LogP contribution in [0, 0.1) is 11.3 Å². The van der Waals surface area contributed by atoms with Crippen molar-refractivity contribution in [1.82, 2.24) is 4.90 Å². The highest BCUT2D eigenvalue weighted by Gasteiger charge is 2.41. The topological polar surface area (TPSA) is 40.5 Å². The van der Waals surface area contributed by atoms with Crippen LogP contribution in [-0.4, -0.2) is 29.6 Å². The van der Waals surface area contributed by atoms with Crippen LogP contribution >= 0.6 is 27.3 Å². The zero-order valence-electron chi connectivity index (χ0n) is 12.1. The molecule has 1 aromatic heterocycles. The molecule has 1 N–H and O–H groups in total. The van der Waals surface area contributed by atoms with E-state index < -0.39 is 11.4 Å². The number of carbonyl (C=O) groups is 1. The molecule has 5 heteroatoms. The Labute approximate surface area is 133 Å². The Morgan fingerprint density at radius 2 is 2.20 bits per heavy atom. The van der Waals surface area contributed by atoms with E-state index in [0.29, 0.717) is 12.5 Å². The van der Waals surface area contributed by atoms with Crippen molar-refractivity contribution < 1.29 is 9.90 Å². The van der Waals surface area contributed by atoms with Gasteiger partial charge in [0.05, 0.1) is 5.41 Å². The van der Waals surface area contributed by atoms with Gasteiger partial charge in [-0.25, -0.2) is 0 Å². The molecule has 3 nitrogen and oxygen atoms in total. The Morgan fingerprint density at radius 3 is 2.70 bits per heavy atom. The molecule has 0 radical (unpaired) electrons. The highest BCUT2D eigenvalue weighted by Crippen LogP contribution is 2.40. The first-order chi connectivity index (χ1) is 9.41. The van der Waals surface area contributed by atoms with Gasteiger partial charge in [0.15, 0.2) is 0 Å². The summed E-state index contributed by atoms with van der Waals surface area (Å²) in [5, 5.41) is 11.7. The van der Waals surface area contributed by atoms with Crippen molar-refractivity contribution in [2.45, 2.75) is 39.2 Å². The fraction of sp³-hybridized carbons (Fsp3) is 0.667. The third-order valence-corrected chi connectivity index (χ3v) is 5.99. The van der Waals surface area contributed by atoms with Crippen LogP contribution in [0.4, 0.5) is 0 Å². The molecule has 1 saturated carbocycles. The van der Waals surface area contributed by atoms with E-state index in [-0.39, 0.29) is 0 Å². The van der Waals surface area contributed by atoms with Gasteiger partial charge in [0, 0.05) is 27.8 Å². The lowest BCUT2D eigenvalue weighted by Crippen LogP contribution is -2.44. The summed E-state index contributed by atoms with van der Waals surface area (Å²) in [7, 11) is 2.02. The first kappa shape index (κ1) is 16.0. The summed E-state index contributed by atoms with van der Waals surface area (Å²) < 4.78 is 1.10. The SMILES string of the molecule is CC1CCC(CN(C)Cc2cc(Br)cs2)(C(=O)O)CC1. The number of carboxylic acid groups (broad SMARTS) is 1. The van der Waals surface area contributed by atoms with Crippen molar-refractivity contribution in [3.8, 4) is 0 Å². The monoisotopic (exact) mass is 359 g/mol. The molecule has 0 aliphatic heterocycles. The molecule has 0 aromatic carbocycles. The van der Waals surface area contributed by atoms with Crippen molar-refractivity contribution in [3.63, 3.8) is 0 Å². The average molecular weight is 360 g/mol. The van der Waals surface area contributed by atoms with Gasteiger partial charge in [0.1, 0.15) is 0 Å². The number of thiophene rings is 1. The number of nitrogens with zero attached hydrogens (tertiary/aromatic N) is 1. The summed E-state index contributed by atoms with van der Waals surface area (Å²) in [4.78, 5) is 15.2. The van der Waals surface area contributed by atoms with E-state index in [9.17, 15) is 9.90 Å². The lowest BCUT2D eigenvalue weighted by atomic mass is 9.70. The van der Waals surface area contributed by atoms with E-state index in [1.165, 1.54) is 4.88 Å². The molecule has 0 spiro atoms. The first-order valence-corrected chi connectivity index (χ1v) is 8.73. The Kier molecular flexibility index (Phi) is 5.26. The Bertz CT molecular complexity index is 466. The molecule has 1 aliphatic carbocycles. The molecular formula is C15H22BrNO2S. The molecule has 1 fully saturated rings. The highest BCUT2D eigenvalue weighted by atomic mass is 79.9. The summed E-state index contributed by atoms with van der Waals surface area (Å²) in [5.41, 5.74) is -0.546. The van der Waals surface area contributed by atoms with Gasteiger partial charge in [-0.05, 0) is 60.6 Å². The molecule has 0 saturated heterocycles.